The molecule has 0 bridgehead atoms. The number of benzene rings is 1. The highest BCUT2D eigenvalue weighted by atomic mass is 32.2. The van der Waals surface area contributed by atoms with Crippen LogP contribution in [0.4, 0.5) is 4.39 Å². The van der Waals surface area contributed by atoms with Gasteiger partial charge >= 0.3 is 0 Å². The van der Waals surface area contributed by atoms with Gasteiger partial charge in [0.25, 0.3) is 0 Å². The molecule has 8 heteroatoms. The van der Waals surface area contributed by atoms with Gasteiger partial charge in [0.05, 0.1) is 17.0 Å². The van der Waals surface area contributed by atoms with Gasteiger partial charge in [-0.1, -0.05) is 26.0 Å². The maximum atomic E-state index is 14.0. The molecule has 1 aliphatic rings. The smallest absolute Gasteiger partial charge is 0.229 e. The number of aromatic nitrogens is 1. The SMILES string of the molecule is Cc1oc(-c2ccccc2F)nc1CS(=O)(=O)CC(=O)CCCCN1CC(C)CC(C)C1. The number of nitrogens with zero attached hydrogens (tertiary/aromatic N) is 2. The molecule has 0 radical (unpaired) electrons. The summed E-state index contributed by atoms with van der Waals surface area (Å²) in [6.07, 6.45) is 3.10. The molecule has 1 fully saturated rings. The Morgan fingerprint density at radius 1 is 1.19 bits per heavy atom. The summed E-state index contributed by atoms with van der Waals surface area (Å²) >= 11 is 0. The molecule has 3 rings (SSSR count). The summed E-state index contributed by atoms with van der Waals surface area (Å²) in [5, 5.41) is 0. The van der Waals surface area contributed by atoms with E-state index >= 15 is 0 Å². The Bertz CT molecular complexity index is 1020. The molecular weight excluding hydrogens is 431 g/mol. The van der Waals surface area contributed by atoms with Gasteiger partial charge in [0.2, 0.25) is 5.89 Å². The van der Waals surface area contributed by atoms with Crippen molar-refractivity contribution in [2.75, 3.05) is 25.4 Å². The van der Waals surface area contributed by atoms with Crippen LogP contribution in [0.2, 0.25) is 0 Å². The zero-order valence-electron chi connectivity index (χ0n) is 19.1. The quantitative estimate of drug-likeness (QED) is 0.484. The third-order valence-electron chi connectivity index (χ3n) is 5.86. The predicted molar refractivity (Wildman–Crippen MR) is 122 cm³/mol. The Labute approximate surface area is 190 Å². The number of halogens is 1. The maximum Gasteiger partial charge on any atom is 0.229 e. The first kappa shape index (κ1) is 24.6. The third-order valence-corrected chi connectivity index (χ3v) is 7.33. The van der Waals surface area contributed by atoms with E-state index < -0.39 is 27.2 Å². The first-order valence-corrected chi connectivity index (χ1v) is 13.1. The molecule has 0 spiro atoms. The number of aryl methyl sites for hydroxylation is 1. The fourth-order valence-corrected chi connectivity index (χ4v) is 5.94. The van der Waals surface area contributed by atoms with E-state index in [0.717, 1.165) is 26.1 Å². The van der Waals surface area contributed by atoms with Gasteiger partial charge < -0.3 is 9.32 Å². The summed E-state index contributed by atoms with van der Waals surface area (Å²) in [5.41, 5.74) is 0.386. The van der Waals surface area contributed by atoms with Gasteiger partial charge in [0.1, 0.15) is 23.1 Å². The van der Waals surface area contributed by atoms with Gasteiger partial charge in [-0.2, -0.15) is 0 Å². The van der Waals surface area contributed by atoms with Crippen molar-refractivity contribution in [2.24, 2.45) is 11.8 Å². The van der Waals surface area contributed by atoms with Crippen molar-refractivity contribution in [1.29, 1.82) is 0 Å². The van der Waals surface area contributed by atoms with E-state index in [2.05, 4.69) is 23.7 Å². The van der Waals surface area contributed by atoms with Crippen LogP contribution in [-0.4, -0.2) is 49.5 Å². The number of oxazole rings is 1. The largest absolute Gasteiger partial charge is 0.441 e. The van der Waals surface area contributed by atoms with Gasteiger partial charge in [-0.15, -0.1) is 0 Å². The lowest BCUT2D eigenvalue weighted by Gasteiger charge is -2.34. The summed E-state index contributed by atoms with van der Waals surface area (Å²) in [4.78, 5) is 18.9. The molecule has 0 N–H and O–H groups in total. The van der Waals surface area contributed by atoms with E-state index in [9.17, 15) is 17.6 Å². The Balaban J connectivity index is 1.48. The van der Waals surface area contributed by atoms with Crippen molar-refractivity contribution in [3.05, 3.63) is 41.5 Å². The second kappa shape index (κ2) is 10.7. The van der Waals surface area contributed by atoms with Crippen LogP contribution in [0.1, 0.15) is 51.0 Å². The van der Waals surface area contributed by atoms with Crippen molar-refractivity contribution < 1.29 is 22.0 Å². The molecular formula is C24H33FN2O4S. The van der Waals surface area contributed by atoms with Gasteiger partial charge in [-0.25, -0.2) is 17.8 Å². The monoisotopic (exact) mass is 464 g/mol. The minimum absolute atomic E-state index is 0.0403. The second-order valence-corrected chi connectivity index (χ2v) is 11.3. The molecule has 1 aliphatic heterocycles. The average Bonchev–Trinajstić information content (AvgIpc) is 3.04. The zero-order chi connectivity index (χ0) is 23.3. The van der Waals surface area contributed by atoms with Crippen LogP contribution in [0.3, 0.4) is 0 Å². The highest BCUT2D eigenvalue weighted by Crippen LogP contribution is 2.25. The molecule has 2 aromatic rings. The number of hydrogen-bond acceptors (Lipinski definition) is 6. The molecule has 2 atom stereocenters. The number of carbonyl (C=O) groups is 1. The summed E-state index contributed by atoms with van der Waals surface area (Å²) in [6.45, 7) is 9.27. The number of Topliss-reactive ketones (excluding diaryl/α,β-unsaturated/α-hetero) is 1. The predicted octanol–water partition coefficient (Wildman–Crippen LogP) is 4.42. The van der Waals surface area contributed by atoms with Crippen LogP contribution < -0.4 is 0 Å². The molecule has 2 unspecified atom stereocenters. The van der Waals surface area contributed by atoms with Crippen molar-refractivity contribution in [1.82, 2.24) is 9.88 Å². The summed E-state index contributed by atoms with van der Waals surface area (Å²) in [5.74, 6) is 0.0716. The van der Waals surface area contributed by atoms with E-state index in [1.807, 2.05) is 0 Å². The van der Waals surface area contributed by atoms with Crippen LogP contribution in [0.15, 0.2) is 28.7 Å². The molecule has 1 aromatic heterocycles. The second-order valence-electron chi connectivity index (χ2n) is 9.24. The zero-order valence-corrected chi connectivity index (χ0v) is 20.0. The first-order valence-electron chi connectivity index (χ1n) is 11.3. The van der Waals surface area contributed by atoms with Gasteiger partial charge in [0, 0.05) is 19.5 Å². The lowest BCUT2D eigenvalue weighted by molar-refractivity contribution is -0.116. The summed E-state index contributed by atoms with van der Waals surface area (Å²) in [7, 11) is -3.68. The number of hydrogen-bond donors (Lipinski definition) is 0. The van der Waals surface area contributed by atoms with Crippen molar-refractivity contribution in [2.45, 2.75) is 52.2 Å². The fraction of sp³-hybridized carbons (Fsp3) is 0.583. The summed E-state index contributed by atoms with van der Waals surface area (Å²) in [6, 6.07) is 6.02. The lowest BCUT2D eigenvalue weighted by atomic mass is 9.92. The Hall–Kier alpha value is -2.06. The number of carbonyl (C=O) groups excluding carboxylic acids is 1. The average molecular weight is 465 g/mol. The number of ketones is 1. The number of sulfone groups is 1. The highest BCUT2D eigenvalue weighted by Gasteiger charge is 2.24. The highest BCUT2D eigenvalue weighted by molar-refractivity contribution is 7.91. The normalized spacial score (nSPS) is 19.9. The third kappa shape index (κ3) is 6.97. The van der Waals surface area contributed by atoms with Crippen molar-refractivity contribution >= 4 is 15.6 Å². The van der Waals surface area contributed by atoms with Gasteiger partial charge in [-0.3, -0.25) is 4.79 Å². The molecule has 0 aliphatic carbocycles. The van der Waals surface area contributed by atoms with E-state index in [0.29, 0.717) is 24.0 Å². The number of unbranched alkanes of at least 4 members (excludes halogenated alkanes) is 1. The van der Waals surface area contributed by atoms with Crippen molar-refractivity contribution in [3.63, 3.8) is 0 Å². The standard InChI is InChI=1S/C24H33FN2O4S/c1-17-12-18(2)14-27(13-17)11-7-6-8-20(28)15-32(29,30)16-23-19(3)31-24(26-23)21-9-4-5-10-22(21)25/h4-5,9-10,17-18H,6-8,11-16H2,1-3H3. The van der Waals surface area contributed by atoms with Crippen LogP contribution in [0.25, 0.3) is 11.5 Å². The Morgan fingerprint density at radius 2 is 1.88 bits per heavy atom. The lowest BCUT2D eigenvalue weighted by Crippen LogP contribution is -2.39. The molecule has 176 valence electrons. The minimum atomic E-state index is -3.68. The van der Waals surface area contributed by atoms with Crippen molar-refractivity contribution in [3.8, 4) is 11.5 Å². The van der Waals surface area contributed by atoms with Gasteiger partial charge in [0.15, 0.2) is 9.84 Å². The summed E-state index contributed by atoms with van der Waals surface area (Å²) < 4.78 is 44.5. The van der Waals surface area contributed by atoms with Crippen LogP contribution >= 0.6 is 0 Å². The number of piperidine rings is 1. The van der Waals surface area contributed by atoms with E-state index in [4.69, 9.17) is 4.42 Å². The molecule has 0 saturated carbocycles. The Morgan fingerprint density at radius 3 is 2.56 bits per heavy atom. The molecule has 2 heterocycles. The molecule has 6 nitrogen and oxygen atoms in total. The number of rotatable bonds is 10. The number of likely N-dealkylation sites (tertiary alicyclic amines) is 1. The van der Waals surface area contributed by atoms with E-state index in [1.165, 1.54) is 18.6 Å². The topological polar surface area (TPSA) is 80.5 Å². The fourth-order valence-electron chi connectivity index (χ4n) is 4.52. The first-order chi connectivity index (χ1) is 15.1. The molecule has 1 aromatic carbocycles. The molecule has 32 heavy (non-hydrogen) atoms. The van der Waals surface area contributed by atoms with Crippen LogP contribution in [0.5, 0.6) is 0 Å². The minimum Gasteiger partial charge on any atom is -0.441 e. The van der Waals surface area contributed by atoms with E-state index in [-0.39, 0.29) is 29.4 Å². The van der Waals surface area contributed by atoms with Gasteiger partial charge in [-0.05, 0) is 56.7 Å². The molecule has 1 saturated heterocycles. The van der Waals surface area contributed by atoms with Crippen LogP contribution in [-0.2, 0) is 20.4 Å². The Kier molecular flexibility index (Phi) is 8.22. The molecule has 0 amide bonds. The maximum absolute atomic E-state index is 14.0. The van der Waals surface area contributed by atoms with Crippen LogP contribution in [0, 0.1) is 24.6 Å². The van der Waals surface area contributed by atoms with E-state index in [1.54, 1.807) is 19.1 Å².